The fraction of sp³-hybridized carbons (Fsp3) is 0.733. The summed E-state index contributed by atoms with van der Waals surface area (Å²) in [7, 11) is 3.19. The molecule has 1 rings (SSSR count). The normalized spacial score (nSPS) is 13.1. The lowest BCUT2D eigenvalue weighted by Gasteiger charge is -2.34. The third-order valence-electron chi connectivity index (χ3n) is 3.71. The summed E-state index contributed by atoms with van der Waals surface area (Å²) in [6.07, 6.45) is 3.75. The standard InChI is InChI=1S/C15H27N3O2/c1-7-9-16-13(15(3,4)8-2)12-14(20-6)18-11(19-5)10-17-12/h10,13,16H,7-9H2,1-6H3. The smallest absolute Gasteiger partial charge is 0.240 e. The van der Waals surface area contributed by atoms with Crippen LogP contribution in [-0.4, -0.2) is 30.7 Å². The van der Waals surface area contributed by atoms with Crippen molar-refractivity contribution in [3.05, 3.63) is 11.9 Å². The van der Waals surface area contributed by atoms with E-state index in [1.165, 1.54) is 0 Å². The number of ether oxygens (including phenoxy) is 2. The molecule has 0 aliphatic heterocycles. The van der Waals surface area contributed by atoms with E-state index < -0.39 is 0 Å². The van der Waals surface area contributed by atoms with Gasteiger partial charge in [0.2, 0.25) is 11.8 Å². The molecule has 0 aromatic carbocycles. The van der Waals surface area contributed by atoms with E-state index in [-0.39, 0.29) is 11.5 Å². The van der Waals surface area contributed by atoms with Gasteiger partial charge in [0, 0.05) is 0 Å². The first-order valence-corrected chi connectivity index (χ1v) is 7.18. The molecular formula is C15H27N3O2. The van der Waals surface area contributed by atoms with Gasteiger partial charge >= 0.3 is 0 Å². The van der Waals surface area contributed by atoms with Crippen LogP contribution in [0.25, 0.3) is 0 Å². The summed E-state index contributed by atoms with van der Waals surface area (Å²) in [4.78, 5) is 8.85. The number of methoxy groups -OCH3 is 2. The number of rotatable bonds is 8. The first kappa shape index (κ1) is 16.7. The van der Waals surface area contributed by atoms with Gasteiger partial charge in [-0.2, -0.15) is 4.98 Å². The first-order chi connectivity index (χ1) is 9.50. The van der Waals surface area contributed by atoms with Gasteiger partial charge in [-0.15, -0.1) is 0 Å². The molecule has 1 aromatic heterocycles. The molecule has 0 spiro atoms. The maximum absolute atomic E-state index is 5.39. The lowest BCUT2D eigenvalue weighted by Crippen LogP contribution is -2.35. The van der Waals surface area contributed by atoms with Gasteiger partial charge in [0.1, 0.15) is 5.69 Å². The Labute approximate surface area is 122 Å². The van der Waals surface area contributed by atoms with Crippen LogP contribution in [0.3, 0.4) is 0 Å². The Balaban J connectivity index is 3.18. The van der Waals surface area contributed by atoms with E-state index in [9.17, 15) is 0 Å². The van der Waals surface area contributed by atoms with Gasteiger partial charge in [0.05, 0.1) is 26.5 Å². The minimum atomic E-state index is 0.0612. The second kappa shape index (κ2) is 7.43. The summed E-state index contributed by atoms with van der Waals surface area (Å²) in [5, 5.41) is 3.57. The lowest BCUT2D eigenvalue weighted by molar-refractivity contribution is 0.221. The molecule has 0 saturated carbocycles. The average molecular weight is 281 g/mol. The number of nitrogens with one attached hydrogen (secondary N) is 1. The Morgan fingerprint density at radius 2 is 1.95 bits per heavy atom. The van der Waals surface area contributed by atoms with E-state index in [1.807, 2.05) is 0 Å². The molecule has 5 nitrogen and oxygen atoms in total. The van der Waals surface area contributed by atoms with E-state index in [2.05, 4.69) is 43.0 Å². The van der Waals surface area contributed by atoms with Crippen molar-refractivity contribution in [3.8, 4) is 11.8 Å². The molecule has 1 unspecified atom stereocenters. The average Bonchev–Trinajstić information content (AvgIpc) is 2.47. The fourth-order valence-corrected chi connectivity index (χ4v) is 2.05. The minimum Gasteiger partial charge on any atom is -0.480 e. The second-order valence-electron chi connectivity index (χ2n) is 5.54. The molecule has 1 N–H and O–H groups in total. The monoisotopic (exact) mass is 281 g/mol. The van der Waals surface area contributed by atoms with Crippen LogP contribution in [0.4, 0.5) is 0 Å². The van der Waals surface area contributed by atoms with Gasteiger partial charge in [0.25, 0.3) is 0 Å². The zero-order chi connectivity index (χ0) is 15.2. The molecule has 0 saturated heterocycles. The third-order valence-corrected chi connectivity index (χ3v) is 3.71. The molecule has 5 heteroatoms. The molecule has 1 atom stereocenters. The fourth-order valence-electron chi connectivity index (χ4n) is 2.05. The molecule has 0 aliphatic carbocycles. The summed E-state index contributed by atoms with van der Waals surface area (Å²) in [6, 6.07) is 0.0980. The maximum atomic E-state index is 5.39. The summed E-state index contributed by atoms with van der Waals surface area (Å²) in [5.74, 6) is 0.994. The van der Waals surface area contributed by atoms with Crippen molar-refractivity contribution in [2.75, 3.05) is 20.8 Å². The minimum absolute atomic E-state index is 0.0612. The Bertz CT molecular complexity index is 422. The van der Waals surface area contributed by atoms with Gasteiger partial charge < -0.3 is 14.8 Å². The quantitative estimate of drug-likeness (QED) is 0.794. The number of hydrogen-bond acceptors (Lipinski definition) is 5. The van der Waals surface area contributed by atoms with Gasteiger partial charge in [-0.3, -0.25) is 0 Å². The molecule has 0 aliphatic rings. The van der Waals surface area contributed by atoms with Gasteiger partial charge in [0.15, 0.2) is 0 Å². The summed E-state index contributed by atoms with van der Waals surface area (Å²) in [6.45, 7) is 9.73. The molecule has 0 amide bonds. The Morgan fingerprint density at radius 1 is 1.25 bits per heavy atom. The predicted octanol–water partition coefficient (Wildman–Crippen LogP) is 2.97. The molecule has 1 heterocycles. The van der Waals surface area contributed by atoms with Crippen molar-refractivity contribution in [3.63, 3.8) is 0 Å². The largest absolute Gasteiger partial charge is 0.480 e. The molecular weight excluding hydrogens is 254 g/mol. The van der Waals surface area contributed by atoms with Crippen molar-refractivity contribution >= 4 is 0 Å². The number of aromatic nitrogens is 2. The second-order valence-corrected chi connectivity index (χ2v) is 5.54. The molecule has 0 bridgehead atoms. The van der Waals surface area contributed by atoms with Crippen LogP contribution >= 0.6 is 0 Å². The lowest BCUT2D eigenvalue weighted by atomic mass is 9.80. The molecule has 0 fully saturated rings. The highest BCUT2D eigenvalue weighted by Crippen LogP contribution is 2.38. The van der Waals surface area contributed by atoms with Crippen molar-refractivity contribution in [1.29, 1.82) is 0 Å². The number of nitrogens with zero attached hydrogens (tertiary/aromatic N) is 2. The molecule has 1 aromatic rings. The van der Waals surface area contributed by atoms with Gasteiger partial charge in [-0.1, -0.05) is 27.7 Å². The topological polar surface area (TPSA) is 56.3 Å². The molecule has 0 radical (unpaired) electrons. The summed E-state index contributed by atoms with van der Waals surface area (Å²) in [5.41, 5.74) is 0.903. The van der Waals surface area contributed by atoms with Crippen LogP contribution in [0, 0.1) is 5.41 Å². The first-order valence-electron chi connectivity index (χ1n) is 7.18. The van der Waals surface area contributed by atoms with Crippen molar-refractivity contribution in [1.82, 2.24) is 15.3 Å². The Hall–Kier alpha value is -1.36. The van der Waals surface area contributed by atoms with E-state index in [4.69, 9.17) is 9.47 Å². The van der Waals surface area contributed by atoms with Crippen molar-refractivity contribution in [2.24, 2.45) is 5.41 Å². The zero-order valence-electron chi connectivity index (χ0n) is 13.5. The van der Waals surface area contributed by atoms with E-state index in [0.717, 1.165) is 25.1 Å². The Kier molecular flexibility index (Phi) is 6.20. The van der Waals surface area contributed by atoms with E-state index >= 15 is 0 Å². The van der Waals surface area contributed by atoms with Crippen molar-refractivity contribution < 1.29 is 9.47 Å². The highest BCUT2D eigenvalue weighted by molar-refractivity contribution is 5.27. The highest BCUT2D eigenvalue weighted by Gasteiger charge is 2.32. The van der Waals surface area contributed by atoms with Crippen LogP contribution in [0.1, 0.15) is 52.3 Å². The predicted molar refractivity (Wildman–Crippen MR) is 80.2 cm³/mol. The van der Waals surface area contributed by atoms with Crippen LogP contribution in [0.5, 0.6) is 11.8 Å². The Morgan fingerprint density at radius 3 is 2.45 bits per heavy atom. The van der Waals surface area contributed by atoms with E-state index in [1.54, 1.807) is 20.4 Å². The zero-order valence-corrected chi connectivity index (χ0v) is 13.5. The molecule has 20 heavy (non-hydrogen) atoms. The maximum Gasteiger partial charge on any atom is 0.240 e. The number of hydrogen-bond donors (Lipinski definition) is 1. The van der Waals surface area contributed by atoms with Crippen LogP contribution in [0.2, 0.25) is 0 Å². The highest BCUT2D eigenvalue weighted by atomic mass is 16.5. The molecule has 114 valence electrons. The summed E-state index contributed by atoms with van der Waals surface area (Å²) >= 11 is 0. The van der Waals surface area contributed by atoms with Crippen LogP contribution < -0.4 is 14.8 Å². The van der Waals surface area contributed by atoms with Crippen LogP contribution in [0.15, 0.2) is 6.20 Å². The van der Waals surface area contributed by atoms with Gasteiger partial charge in [-0.25, -0.2) is 4.98 Å². The van der Waals surface area contributed by atoms with Crippen molar-refractivity contribution in [2.45, 2.75) is 46.6 Å². The van der Waals surface area contributed by atoms with Gasteiger partial charge in [-0.05, 0) is 24.8 Å². The summed E-state index contributed by atoms with van der Waals surface area (Å²) < 4.78 is 10.5. The SMILES string of the molecule is CCCNC(c1ncc(OC)nc1OC)C(C)(C)CC. The van der Waals surface area contributed by atoms with Crippen LogP contribution in [-0.2, 0) is 0 Å². The van der Waals surface area contributed by atoms with E-state index in [0.29, 0.717) is 11.8 Å². The third kappa shape index (κ3) is 3.82.